The fraction of sp³-hybridized carbons (Fsp3) is 0.385. The first-order valence-corrected chi connectivity index (χ1v) is 5.50. The molecule has 0 unspecified atom stereocenters. The third-order valence-electron chi connectivity index (χ3n) is 2.30. The van der Waals surface area contributed by atoms with E-state index in [1.807, 2.05) is 24.3 Å². The third-order valence-corrected chi connectivity index (χ3v) is 2.30. The third kappa shape index (κ3) is 5.16. The van der Waals surface area contributed by atoms with Crippen molar-refractivity contribution in [3.63, 3.8) is 0 Å². The van der Waals surface area contributed by atoms with Gasteiger partial charge in [0.05, 0.1) is 6.07 Å². The number of nitrogens with one attached hydrogen (secondary N) is 1. The molecule has 0 atom stereocenters. The smallest absolute Gasteiger partial charge is 0.234 e. The van der Waals surface area contributed by atoms with E-state index in [9.17, 15) is 4.79 Å². The van der Waals surface area contributed by atoms with Crippen LogP contribution in [0.4, 0.5) is 0 Å². The van der Waals surface area contributed by atoms with Gasteiger partial charge in [0, 0.05) is 6.54 Å². The highest BCUT2D eigenvalue weighted by Crippen LogP contribution is 2.03. The van der Waals surface area contributed by atoms with Gasteiger partial charge in [-0.25, -0.2) is 0 Å². The summed E-state index contributed by atoms with van der Waals surface area (Å²) in [5.74, 6) is -0.179. The van der Waals surface area contributed by atoms with Crippen molar-refractivity contribution in [2.24, 2.45) is 0 Å². The number of carbonyl (C=O) groups is 1. The van der Waals surface area contributed by atoms with Crippen molar-refractivity contribution >= 4 is 5.91 Å². The van der Waals surface area contributed by atoms with Crippen molar-refractivity contribution in [2.75, 3.05) is 6.54 Å². The Bertz CT molecular complexity index is 354. The average Bonchev–Trinajstić information content (AvgIpc) is 2.30. The van der Waals surface area contributed by atoms with Gasteiger partial charge in [-0.2, -0.15) is 5.26 Å². The summed E-state index contributed by atoms with van der Waals surface area (Å²) in [6.45, 7) is 0.660. The van der Waals surface area contributed by atoms with Crippen LogP contribution in [0.3, 0.4) is 0 Å². The van der Waals surface area contributed by atoms with Gasteiger partial charge in [0.1, 0.15) is 6.42 Å². The van der Waals surface area contributed by atoms with Crippen LogP contribution in [0.2, 0.25) is 0 Å². The lowest BCUT2D eigenvalue weighted by atomic mass is 10.1. The van der Waals surface area contributed by atoms with Gasteiger partial charge in [-0.15, -0.1) is 0 Å². The number of unbranched alkanes of at least 4 members (excludes halogenated alkanes) is 1. The number of carbonyl (C=O) groups excluding carboxylic acids is 1. The summed E-state index contributed by atoms with van der Waals surface area (Å²) in [6.07, 6.45) is 3.00. The average molecular weight is 216 g/mol. The molecule has 1 rings (SSSR count). The van der Waals surface area contributed by atoms with E-state index in [2.05, 4.69) is 17.4 Å². The zero-order valence-electron chi connectivity index (χ0n) is 9.28. The monoisotopic (exact) mass is 216 g/mol. The van der Waals surface area contributed by atoms with E-state index in [4.69, 9.17) is 5.26 Å². The quantitative estimate of drug-likeness (QED) is 0.740. The first kappa shape index (κ1) is 12.3. The number of rotatable bonds is 6. The van der Waals surface area contributed by atoms with Crippen molar-refractivity contribution in [1.29, 1.82) is 5.26 Å². The molecule has 3 nitrogen and oxygen atoms in total. The zero-order chi connectivity index (χ0) is 11.6. The highest BCUT2D eigenvalue weighted by atomic mass is 16.1. The summed E-state index contributed by atoms with van der Waals surface area (Å²) >= 11 is 0. The molecule has 0 heterocycles. The SMILES string of the molecule is N#CCC(=O)NCCCCc1ccccc1. The molecule has 1 N–H and O–H groups in total. The number of amides is 1. The lowest BCUT2D eigenvalue weighted by Crippen LogP contribution is -2.23. The van der Waals surface area contributed by atoms with Gasteiger partial charge >= 0.3 is 0 Å². The maximum atomic E-state index is 10.9. The van der Waals surface area contributed by atoms with E-state index < -0.39 is 0 Å². The number of hydrogen-bond donors (Lipinski definition) is 1. The summed E-state index contributed by atoms with van der Waals surface area (Å²) in [5.41, 5.74) is 1.32. The van der Waals surface area contributed by atoms with E-state index in [1.54, 1.807) is 0 Å². The van der Waals surface area contributed by atoms with Crippen molar-refractivity contribution in [2.45, 2.75) is 25.7 Å². The van der Waals surface area contributed by atoms with Crippen molar-refractivity contribution < 1.29 is 4.79 Å². The predicted octanol–water partition coefficient (Wildman–Crippen LogP) is 2.04. The van der Waals surface area contributed by atoms with Crippen LogP contribution >= 0.6 is 0 Å². The zero-order valence-corrected chi connectivity index (χ0v) is 9.28. The Morgan fingerprint density at radius 3 is 2.69 bits per heavy atom. The number of nitriles is 1. The molecule has 0 aliphatic carbocycles. The first-order chi connectivity index (χ1) is 7.83. The Kier molecular flexibility index (Phi) is 5.72. The van der Waals surface area contributed by atoms with Crippen LogP contribution in [0.15, 0.2) is 30.3 Å². The van der Waals surface area contributed by atoms with Gasteiger partial charge in [0.15, 0.2) is 0 Å². The van der Waals surface area contributed by atoms with E-state index >= 15 is 0 Å². The van der Waals surface area contributed by atoms with Crippen molar-refractivity contribution in [3.8, 4) is 6.07 Å². The number of aryl methyl sites for hydroxylation is 1. The fourth-order valence-corrected chi connectivity index (χ4v) is 1.46. The second-order valence-corrected chi connectivity index (χ2v) is 3.63. The van der Waals surface area contributed by atoms with Gasteiger partial charge in [0.25, 0.3) is 0 Å². The lowest BCUT2D eigenvalue weighted by molar-refractivity contribution is -0.120. The molecule has 3 heteroatoms. The largest absolute Gasteiger partial charge is 0.355 e. The molecule has 1 aromatic carbocycles. The summed E-state index contributed by atoms with van der Waals surface area (Å²) in [5, 5.41) is 11.0. The minimum Gasteiger partial charge on any atom is -0.355 e. The lowest BCUT2D eigenvalue weighted by Gasteiger charge is -2.03. The molecule has 16 heavy (non-hydrogen) atoms. The molecule has 1 amide bonds. The Morgan fingerprint density at radius 1 is 1.25 bits per heavy atom. The summed E-state index contributed by atoms with van der Waals surface area (Å²) in [7, 11) is 0. The van der Waals surface area contributed by atoms with Crippen LogP contribution in [0.5, 0.6) is 0 Å². The normalized spacial score (nSPS) is 9.44. The summed E-state index contributed by atoms with van der Waals surface area (Å²) in [6, 6.07) is 12.1. The van der Waals surface area contributed by atoms with Crippen molar-refractivity contribution in [1.82, 2.24) is 5.32 Å². The van der Waals surface area contributed by atoms with Crippen LogP contribution < -0.4 is 5.32 Å². The minimum absolute atomic E-state index is 0.0430. The molecule has 0 spiro atoms. The molecule has 0 bridgehead atoms. The Hall–Kier alpha value is -1.82. The molecule has 0 radical (unpaired) electrons. The molecule has 0 fully saturated rings. The Morgan fingerprint density at radius 2 is 2.00 bits per heavy atom. The second kappa shape index (κ2) is 7.47. The molecule has 0 saturated carbocycles. The molecule has 0 aliphatic heterocycles. The summed E-state index contributed by atoms with van der Waals surface area (Å²) in [4.78, 5) is 10.9. The predicted molar refractivity (Wildman–Crippen MR) is 62.6 cm³/mol. The number of benzene rings is 1. The fourth-order valence-electron chi connectivity index (χ4n) is 1.46. The molecule has 0 aromatic heterocycles. The van der Waals surface area contributed by atoms with Gasteiger partial charge < -0.3 is 5.32 Å². The highest BCUT2D eigenvalue weighted by Gasteiger charge is 1.98. The van der Waals surface area contributed by atoms with E-state index in [-0.39, 0.29) is 12.3 Å². The number of hydrogen-bond acceptors (Lipinski definition) is 2. The molecule has 1 aromatic rings. The molecular weight excluding hydrogens is 200 g/mol. The topological polar surface area (TPSA) is 52.9 Å². The maximum absolute atomic E-state index is 10.9. The Labute approximate surface area is 96.1 Å². The second-order valence-electron chi connectivity index (χ2n) is 3.63. The molecule has 0 aliphatic rings. The standard InChI is InChI=1S/C13H16N2O/c14-10-9-13(16)15-11-5-4-8-12-6-2-1-3-7-12/h1-3,6-7H,4-5,8-9,11H2,(H,15,16). The van der Waals surface area contributed by atoms with Crippen LogP contribution in [0.25, 0.3) is 0 Å². The van der Waals surface area contributed by atoms with Gasteiger partial charge in [0.2, 0.25) is 5.91 Å². The minimum atomic E-state index is -0.179. The van der Waals surface area contributed by atoms with E-state index in [1.165, 1.54) is 5.56 Å². The van der Waals surface area contributed by atoms with Crippen LogP contribution in [-0.4, -0.2) is 12.5 Å². The number of nitrogens with zero attached hydrogens (tertiary/aromatic N) is 1. The van der Waals surface area contributed by atoms with Crippen molar-refractivity contribution in [3.05, 3.63) is 35.9 Å². The molecule has 0 saturated heterocycles. The van der Waals surface area contributed by atoms with Gasteiger partial charge in [-0.3, -0.25) is 4.79 Å². The van der Waals surface area contributed by atoms with Crippen LogP contribution in [-0.2, 0) is 11.2 Å². The Balaban J connectivity index is 2.05. The molecule has 84 valence electrons. The first-order valence-electron chi connectivity index (χ1n) is 5.50. The molecular formula is C13H16N2O. The highest BCUT2D eigenvalue weighted by molar-refractivity contribution is 5.77. The van der Waals surface area contributed by atoms with E-state index in [0.717, 1.165) is 19.3 Å². The van der Waals surface area contributed by atoms with E-state index in [0.29, 0.717) is 6.54 Å². The van der Waals surface area contributed by atoms with Crippen LogP contribution in [0, 0.1) is 11.3 Å². The summed E-state index contributed by atoms with van der Waals surface area (Å²) < 4.78 is 0. The van der Waals surface area contributed by atoms with Gasteiger partial charge in [-0.05, 0) is 24.8 Å². The van der Waals surface area contributed by atoms with Crippen LogP contribution in [0.1, 0.15) is 24.8 Å². The maximum Gasteiger partial charge on any atom is 0.234 e. The van der Waals surface area contributed by atoms with Gasteiger partial charge in [-0.1, -0.05) is 30.3 Å².